The summed E-state index contributed by atoms with van der Waals surface area (Å²) in [5.74, 6) is 1.86. The Morgan fingerprint density at radius 1 is 0.227 bits per heavy atom. The molecule has 0 atom stereocenters. The molecular weight excluding hydrogens is 1120 g/mol. The van der Waals surface area contributed by atoms with Gasteiger partial charge in [-0.25, -0.2) is 19.9 Å². The summed E-state index contributed by atoms with van der Waals surface area (Å²) < 4.78 is 22.7. The van der Waals surface area contributed by atoms with E-state index in [0.717, 1.165) is 166 Å². The first-order valence-electron chi connectivity index (χ1n) is 29.0. The number of rotatable bonds is 8. The fourth-order valence-corrected chi connectivity index (χ4v) is 13.5. The van der Waals surface area contributed by atoms with Gasteiger partial charge in [-0.3, -0.25) is 9.13 Å². The minimum atomic E-state index is 0.919. The Balaban J connectivity index is 0.000000137. The van der Waals surface area contributed by atoms with Crippen molar-refractivity contribution in [3.05, 3.63) is 279 Å². The van der Waals surface area contributed by atoms with Gasteiger partial charge in [0.05, 0.1) is 67.9 Å². The first-order valence-corrected chi connectivity index (χ1v) is 30.5. The van der Waals surface area contributed by atoms with Gasteiger partial charge in [0.1, 0.15) is 33.7 Å². The summed E-state index contributed by atoms with van der Waals surface area (Å²) in [6, 6.07) is 97.0. The maximum atomic E-state index is 5.11. The van der Waals surface area contributed by atoms with Crippen molar-refractivity contribution in [3.8, 4) is 78.9 Å². The Morgan fingerprint density at radius 3 is 1.05 bits per heavy atom. The first-order chi connectivity index (χ1) is 43.6. The fraction of sp³-hybridized carbons (Fsp3) is 0. The number of benzene rings is 12. The standard InChI is InChI=1S/2C38H23N5S/c1-2-8-28(9-3-1)43-34-13-7-6-12-32(34)40-38(43)27-20-16-25(17-21-27)24-14-18-26(19-15-24)36-30-22-23-33-37(42-44-41-33)35(30)29-10-4-5-11-31(29)39-36;1-2-8-27(9-3-1)38-40-32-12-6-7-13-34(32)43(38)28-20-18-25(19-21-28)24-14-16-26(17-15-24)36-30-22-23-33-37(42-44-41-33)35(30)29-10-4-5-11-31(29)39-36/h2*1-23H. The van der Waals surface area contributed by atoms with E-state index in [1.807, 2.05) is 48.5 Å². The third-order valence-electron chi connectivity index (χ3n) is 16.6. The van der Waals surface area contributed by atoms with Gasteiger partial charge in [0, 0.05) is 65.9 Å². The summed E-state index contributed by atoms with van der Waals surface area (Å²) in [6.45, 7) is 0. The van der Waals surface area contributed by atoms with Gasteiger partial charge in [-0.1, -0.05) is 194 Å². The van der Waals surface area contributed by atoms with E-state index >= 15 is 0 Å². The second kappa shape index (κ2) is 21.3. The molecule has 18 aromatic rings. The Labute approximate surface area is 512 Å². The normalized spacial score (nSPS) is 11.6. The van der Waals surface area contributed by atoms with Gasteiger partial charge in [0.15, 0.2) is 0 Å². The molecular formula is C76H46N10S2. The number of hydrogen-bond donors (Lipinski definition) is 0. The number of imidazole rings is 2. The largest absolute Gasteiger partial charge is 0.292 e. The van der Waals surface area contributed by atoms with Crippen molar-refractivity contribution in [3.63, 3.8) is 0 Å². The van der Waals surface area contributed by atoms with Gasteiger partial charge in [0.25, 0.3) is 0 Å². The van der Waals surface area contributed by atoms with Crippen molar-refractivity contribution in [2.75, 3.05) is 0 Å². The highest BCUT2D eigenvalue weighted by Gasteiger charge is 2.20. The Kier molecular flexibility index (Phi) is 12.3. The molecule has 0 amide bonds. The van der Waals surface area contributed by atoms with E-state index in [0.29, 0.717) is 0 Å². The van der Waals surface area contributed by atoms with Crippen LogP contribution in [0.25, 0.3) is 166 Å². The zero-order valence-electron chi connectivity index (χ0n) is 46.8. The van der Waals surface area contributed by atoms with E-state index in [9.17, 15) is 0 Å². The van der Waals surface area contributed by atoms with Crippen molar-refractivity contribution in [2.24, 2.45) is 0 Å². The molecule has 0 N–H and O–H groups in total. The summed E-state index contributed by atoms with van der Waals surface area (Å²) in [7, 11) is 0. The number of pyridine rings is 2. The van der Waals surface area contributed by atoms with Crippen LogP contribution in [-0.2, 0) is 0 Å². The molecule has 0 radical (unpaired) electrons. The molecule has 88 heavy (non-hydrogen) atoms. The van der Waals surface area contributed by atoms with Crippen LogP contribution in [0.2, 0.25) is 0 Å². The summed E-state index contributed by atoms with van der Waals surface area (Å²) in [5, 5.41) is 6.59. The lowest BCUT2D eigenvalue weighted by molar-refractivity contribution is 1.10. The molecule has 0 saturated heterocycles. The highest BCUT2D eigenvalue weighted by atomic mass is 32.1. The minimum absolute atomic E-state index is 0.919. The number of hydrogen-bond acceptors (Lipinski definition) is 10. The van der Waals surface area contributed by atoms with Gasteiger partial charge in [-0.15, -0.1) is 0 Å². The molecule has 412 valence electrons. The van der Waals surface area contributed by atoms with Crippen molar-refractivity contribution >= 4 is 111 Å². The van der Waals surface area contributed by atoms with Crippen LogP contribution in [-0.4, -0.2) is 46.6 Å². The van der Waals surface area contributed by atoms with E-state index in [1.54, 1.807) is 0 Å². The second-order valence-electron chi connectivity index (χ2n) is 21.7. The van der Waals surface area contributed by atoms with Crippen molar-refractivity contribution in [2.45, 2.75) is 0 Å². The van der Waals surface area contributed by atoms with Crippen LogP contribution < -0.4 is 0 Å². The highest BCUT2D eigenvalue weighted by molar-refractivity contribution is 7.00. The third kappa shape index (κ3) is 8.76. The molecule has 0 aliphatic heterocycles. The van der Waals surface area contributed by atoms with Crippen molar-refractivity contribution in [1.82, 2.24) is 46.6 Å². The summed E-state index contributed by atoms with van der Waals surface area (Å²) in [5.41, 5.74) is 22.7. The van der Waals surface area contributed by atoms with Crippen molar-refractivity contribution < 1.29 is 0 Å². The average Bonchev–Trinajstić information content (AvgIpc) is 1.42. The minimum Gasteiger partial charge on any atom is -0.292 e. The Morgan fingerprint density at radius 2 is 0.580 bits per heavy atom. The lowest BCUT2D eigenvalue weighted by Gasteiger charge is -2.12. The smallest absolute Gasteiger partial charge is 0.145 e. The Hall–Kier alpha value is -11.4. The van der Waals surface area contributed by atoms with Crippen LogP contribution in [0.1, 0.15) is 0 Å². The summed E-state index contributed by atoms with van der Waals surface area (Å²) >= 11 is 2.50. The topological polar surface area (TPSA) is 113 Å². The maximum absolute atomic E-state index is 5.11. The van der Waals surface area contributed by atoms with Crippen LogP contribution in [0, 0.1) is 0 Å². The van der Waals surface area contributed by atoms with Crippen LogP contribution >= 0.6 is 23.5 Å². The first kappa shape index (κ1) is 51.0. The van der Waals surface area contributed by atoms with E-state index < -0.39 is 0 Å². The molecule has 0 unspecified atom stereocenters. The maximum Gasteiger partial charge on any atom is 0.145 e. The lowest BCUT2D eigenvalue weighted by atomic mass is 9.97. The van der Waals surface area contributed by atoms with Gasteiger partial charge in [0.2, 0.25) is 0 Å². The quantitative estimate of drug-likeness (QED) is 0.138. The highest BCUT2D eigenvalue weighted by Crippen LogP contribution is 2.40. The predicted molar refractivity (Wildman–Crippen MR) is 362 cm³/mol. The van der Waals surface area contributed by atoms with Crippen LogP contribution in [0.4, 0.5) is 0 Å². The molecule has 12 heteroatoms. The zero-order valence-corrected chi connectivity index (χ0v) is 48.5. The number of aromatic nitrogens is 10. The van der Waals surface area contributed by atoms with Crippen LogP contribution in [0.3, 0.4) is 0 Å². The zero-order chi connectivity index (χ0) is 58.1. The van der Waals surface area contributed by atoms with Crippen LogP contribution in [0.15, 0.2) is 279 Å². The monoisotopic (exact) mass is 1160 g/mol. The number of nitrogens with zero attached hydrogens (tertiary/aromatic N) is 10. The molecule has 0 aliphatic carbocycles. The molecule has 0 spiro atoms. The molecule has 6 aromatic heterocycles. The molecule has 10 nitrogen and oxygen atoms in total. The lowest BCUT2D eigenvalue weighted by Crippen LogP contribution is -1.97. The molecule has 18 rings (SSSR count). The molecule has 12 aromatic carbocycles. The predicted octanol–water partition coefficient (Wildman–Crippen LogP) is 19.5. The van der Waals surface area contributed by atoms with E-state index in [4.69, 9.17) is 19.9 Å². The fourth-order valence-electron chi connectivity index (χ4n) is 12.4. The molecule has 0 bridgehead atoms. The second-order valence-corrected chi connectivity index (χ2v) is 22.8. The molecule has 0 saturated carbocycles. The van der Waals surface area contributed by atoms with Gasteiger partial charge >= 0.3 is 0 Å². The Bertz CT molecular complexity index is 5660. The number of fused-ring (bicyclic) bond motifs is 12. The summed E-state index contributed by atoms with van der Waals surface area (Å²) in [6.07, 6.45) is 0. The van der Waals surface area contributed by atoms with Crippen LogP contribution in [0.5, 0.6) is 0 Å². The van der Waals surface area contributed by atoms with E-state index in [-0.39, 0.29) is 0 Å². The van der Waals surface area contributed by atoms with Gasteiger partial charge < -0.3 is 0 Å². The SMILES string of the molecule is c1ccc(-c2nc3ccccc3n2-c2ccc(-c3ccc(-c4nc5ccccc5c5c4ccc4nsnc45)cc3)cc2)cc1.c1ccc(-n2c(-c3ccc(-c4ccc(-c5nc6ccccc6c6c5ccc5nsnc56)cc4)cc3)nc3ccccc32)cc1. The molecule has 0 aliphatic rings. The number of para-hydroxylation sites is 7. The molecule has 0 fully saturated rings. The average molecular weight is 1160 g/mol. The third-order valence-corrected chi connectivity index (χ3v) is 17.7. The van der Waals surface area contributed by atoms with Gasteiger partial charge in [-0.05, 0) is 107 Å². The van der Waals surface area contributed by atoms with E-state index in [1.165, 1.54) is 23.5 Å². The van der Waals surface area contributed by atoms with Gasteiger partial charge in [-0.2, -0.15) is 17.5 Å². The summed E-state index contributed by atoms with van der Waals surface area (Å²) in [4.78, 5) is 20.2. The molecule has 6 heterocycles. The van der Waals surface area contributed by atoms with Crippen molar-refractivity contribution in [1.29, 1.82) is 0 Å². The van der Waals surface area contributed by atoms with E-state index in [2.05, 4.69) is 257 Å².